The van der Waals surface area contributed by atoms with E-state index in [1.807, 2.05) is 11.3 Å². The average molecular weight is 730 g/mol. The lowest BCUT2D eigenvalue weighted by atomic mass is 9.96. The number of thiophene rings is 1. The first kappa shape index (κ1) is 32.4. The van der Waals surface area contributed by atoms with E-state index in [1.165, 1.54) is 97.6 Å². The molecule has 0 saturated carbocycles. The van der Waals surface area contributed by atoms with E-state index in [2.05, 4.69) is 217 Å². The van der Waals surface area contributed by atoms with Crippen molar-refractivity contribution in [3.8, 4) is 61.3 Å². The van der Waals surface area contributed by atoms with Crippen LogP contribution in [-0.2, 0) is 0 Å². The van der Waals surface area contributed by atoms with E-state index in [9.17, 15) is 0 Å². The Balaban J connectivity index is 0.912. The highest BCUT2D eigenvalue weighted by Gasteiger charge is 2.16. The van der Waals surface area contributed by atoms with Gasteiger partial charge in [0, 0.05) is 36.6 Å². The minimum Gasteiger partial charge on any atom is -0.309 e. The molecule has 1 nitrogen and oxygen atoms in total. The van der Waals surface area contributed by atoms with Crippen LogP contribution in [0.3, 0.4) is 0 Å². The Morgan fingerprint density at radius 1 is 0.286 bits per heavy atom. The second-order valence-corrected chi connectivity index (χ2v) is 15.6. The summed E-state index contributed by atoms with van der Waals surface area (Å²) in [5.41, 5.74) is 15.8. The van der Waals surface area contributed by atoms with Crippen molar-refractivity contribution in [3.63, 3.8) is 0 Å². The lowest BCUT2D eigenvalue weighted by Crippen LogP contribution is -1.94. The molecular weight excluding hydrogens is 695 g/mol. The first-order valence-corrected chi connectivity index (χ1v) is 20.0. The van der Waals surface area contributed by atoms with Gasteiger partial charge in [-0.15, -0.1) is 11.3 Å². The molecule has 0 aliphatic carbocycles. The molecule has 56 heavy (non-hydrogen) atoms. The first-order valence-electron chi connectivity index (χ1n) is 19.2. The summed E-state index contributed by atoms with van der Waals surface area (Å²) < 4.78 is 5.08. The van der Waals surface area contributed by atoms with E-state index < -0.39 is 0 Å². The van der Waals surface area contributed by atoms with E-state index in [0.29, 0.717) is 0 Å². The van der Waals surface area contributed by atoms with Crippen molar-refractivity contribution in [2.24, 2.45) is 0 Å². The Hall–Kier alpha value is -7.00. The predicted molar refractivity (Wildman–Crippen MR) is 241 cm³/mol. The van der Waals surface area contributed by atoms with Crippen molar-refractivity contribution in [2.45, 2.75) is 0 Å². The van der Waals surface area contributed by atoms with Crippen LogP contribution in [0.1, 0.15) is 0 Å². The molecule has 0 unspecified atom stereocenters. The van der Waals surface area contributed by atoms with Crippen LogP contribution in [-0.4, -0.2) is 4.57 Å². The van der Waals surface area contributed by atoms with Crippen LogP contribution < -0.4 is 0 Å². The second-order valence-electron chi connectivity index (χ2n) is 14.5. The molecule has 0 aliphatic rings. The van der Waals surface area contributed by atoms with E-state index in [-0.39, 0.29) is 0 Å². The van der Waals surface area contributed by atoms with Gasteiger partial charge in [-0.2, -0.15) is 0 Å². The van der Waals surface area contributed by atoms with Crippen LogP contribution in [0, 0.1) is 0 Å². The van der Waals surface area contributed by atoms with Crippen molar-refractivity contribution < 1.29 is 0 Å². The van der Waals surface area contributed by atoms with Crippen molar-refractivity contribution in [3.05, 3.63) is 212 Å². The Morgan fingerprint density at radius 2 is 0.714 bits per heavy atom. The molecule has 262 valence electrons. The first-order chi connectivity index (χ1) is 27.7. The van der Waals surface area contributed by atoms with Crippen molar-refractivity contribution in [1.82, 2.24) is 4.57 Å². The number of benzene rings is 9. The van der Waals surface area contributed by atoms with Crippen molar-refractivity contribution in [2.75, 3.05) is 0 Å². The molecule has 0 amide bonds. The highest BCUT2D eigenvalue weighted by atomic mass is 32.1. The summed E-state index contributed by atoms with van der Waals surface area (Å²) in [4.78, 5) is 0. The van der Waals surface area contributed by atoms with Gasteiger partial charge in [0.1, 0.15) is 0 Å². The topological polar surface area (TPSA) is 4.93 Å². The molecule has 0 N–H and O–H groups in total. The summed E-state index contributed by atoms with van der Waals surface area (Å²) in [7, 11) is 0. The van der Waals surface area contributed by atoms with Crippen LogP contribution in [0.25, 0.3) is 103 Å². The van der Waals surface area contributed by atoms with E-state index >= 15 is 0 Å². The molecule has 0 saturated heterocycles. The summed E-state index contributed by atoms with van der Waals surface area (Å²) in [6, 6.07) is 77.5. The largest absolute Gasteiger partial charge is 0.309 e. The Kier molecular flexibility index (Phi) is 7.75. The molecule has 11 aromatic rings. The number of rotatable bonds is 6. The molecule has 0 atom stereocenters. The maximum atomic E-state index is 2.41. The summed E-state index contributed by atoms with van der Waals surface area (Å²) in [5, 5.41) is 5.19. The minimum atomic E-state index is 1.15. The fourth-order valence-corrected chi connectivity index (χ4v) is 9.57. The molecule has 2 heterocycles. The monoisotopic (exact) mass is 729 g/mol. The van der Waals surface area contributed by atoms with Crippen molar-refractivity contribution in [1.29, 1.82) is 0 Å². The van der Waals surface area contributed by atoms with E-state index in [4.69, 9.17) is 0 Å². The molecule has 2 aromatic heterocycles. The Labute approximate surface area is 330 Å². The second kappa shape index (κ2) is 13.4. The summed E-state index contributed by atoms with van der Waals surface area (Å²) in [6.45, 7) is 0. The maximum absolute atomic E-state index is 2.41. The minimum absolute atomic E-state index is 1.15. The fraction of sp³-hybridized carbons (Fsp3) is 0. The smallest absolute Gasteiger partial charge is 0.0541 e. The summed E-state index contributed by atoms with van der Waals surface area (Å²) in [5.74, 6) is 0. The van der Waals surface area contributed by atoms with E-state index in [0.717, 1.165) is 5.69 Å². The van der Waals surface area contributed by atoms with Crippen LogP contribution in [0.5, 0.6) is 0 Å². The molecule has 0 radical (unpaired) electrons. The van der Waals surface area contributed by atoms with Gasteiger partial charge in [0.05, 0.1) is 11.0 Å². The molecule has 11 rings (SSSR count). The number of hydrogen-bond acceptors (Lipinski definition) is 1. The fourth-order valence-electron chi connectivity index (χ4n) is 8.44. The number of aromatic nitrogens is 1. The molecule has 0 spiro atoms. The van der Waals surface area contributed by atoms with Crippen LogP contribution in [0.15, 0.2) is 212 Å². The molecule has 0 bridgehead atoms. The molecule has 0 fully saturated rings. The normalized spacial score (nSPS) is 11.6. The SMILES string of the molecule is c1ccc(-c2ccc3c(c2)c2cc(-c4ccccc4)ccc2n3-c2ccc(-c3ccc(-c4ccc(-c5cccc6sc7ccccc7c56)cc4)cc3)cc2)cc1. The van der Waals surface area contributed by atoms with Gasteiger partial charge in [-0.25, -0.2) is 0 Å². The van der Waals surface area contributed by atoms with Gasteiger partial charge < -0.3 is 4.57 Å². The van der Waals surface area contributed by atoms with Crippen LogP contribution in [0.2, 0.25) is 0 Å². The van der Waals surface area contributed by atoms with Gasteiger partial charge in [0.15, 0.2) is 0 Å². The molecule has 9 aromatic carbocycles. The van der Waals surface area contributed by atoms with Gasteiger partial charge in [-0.3, -0.25) is 0 Å². The third kappa shape index (κ3) is 5.54. The van der Waals surface area contributed by atoms with Gasteiger partial charge in [-0.05, 0) is 104 Å². The lowest BCUT2D eigenvalue weighted by Gasteiger charge is -2.11. The summed E-state index contributed by atoms with van der Waals surface area (Å²) >= 11 is 1.87. The zero-order chi connectivity index (χ0) is 37.0. The zero-order valence-corrected chi connectivity index (χ0v) is 31.4. The highest BCUT2D eigenvalue weighted by molar-refractivity contribution is 7.25. The average Bonchev–Trinajstić information content (AvgIpc) is 3.82. The maximum Gasteiger partial charge on any atom is 0.0541 e. The quantitative estimate of drug-likeness (QED) is 0.161. The van der Waals surface area contributed by atoms with Gasteiger partial charge in [0.25, 0.3) is 0 Å². The molecular formula is C54H35NS. The number of nitrogens with zero attached hydrogens (tertiary/aromatic N) is 1. The Morgan fingerprint density at radius 3 is 1.27 bits per heavy atom. The third-order valence-corrected chi connectivity index (χ3v) is 12.4. The molecule has 0 aliphatic heterocycles. The predicted octanol–water partition coefficient (Wildman–Crippen LogP) is 15.5. The number of hydrogen-bond donors (Lipinski definition) is 0. The lowest BCUT2D eigenvalue weighted by molar-refractivity contribution is 1.18. The zero-order valence-electron chi connectivity index (χ0n) is 30.6. The van der Waals surface area contributed by atoms with Gasteiger partial charge in [0.2, 0.25) is 0 Å². The van der Waals surface area contributed by atoms with E-state index in [1.54, 1.807) is 0 Å². The standard InChI is InChI=1S/C54H35NS/c1-3-10-36(11-4-1)43-28-32-50-48(34-43)49-35-44(37-12-5-2-6-13-37)29-33-51(49)55(50)45-30-26-41(27-31-45)39-20-18-38(19-21-39)40-22-24-42(25-23-40)46-15-9-17-53-54(46)47-14-7-8-16-52(47)56-53/h1-35H. The highest BCUT2D eigenvalue weighted by Crippen LogP contribution is 2.41. The van der Waals surface area contributed by atoms with Crippen LogP contribution >= 0.6 is 11.3 Å². The van der Waals surface area contributed by atoms with Gasteiger partial charge >= 0.3 is 0 Å². The summed E-state index contributed by atoms with van der Waals surface area (Å²) in [6.07, 6.45) is 0. The third-order valence-electron chi connectivity index (χ3n) is 11.3. The van der Waals surface area contributed by atoms with Crippen LogP contribution in [0.4, 0.5) is 0 Å². The van der Waals surface area contributed by atoms with Crippen molar-refractivity contribution >= 4 is 53.3 Å². The van der Waals surface area contributed by atoms with Gasteiger partial charge in [-0.1, -0.05) is 164 Å². The Bertz CT molecular complexity index is 3090. The molecule has 2 heteroatoms. The number of fused-ring (bicyclic) bond motifs is 6.